The highest BCUT2D eigenvalue weighted by atomic mass is 16.3. The fraction of sp³-hybridized carbons (Fsp3) is 0.375. The molecule has 1 nitrogen and oxygen atoms in total. The van der Waals surface area contributed by atoms with Crippen LogP contribution in [0.5, 0.6) is 0 Å². The largest absolute Gasteiger partial charge is 0.369 e. The summed E-state index contributed by atoms with van der Waals surface area (Å²) in [4.78, 5) is 0. The Labute approximate surface area is 104 Å². The lowest BCUT2D eigenvalue weighted by atomic mass is 9.90. The SMILES string of the molecule is C#CC(O)C#Cc1ccc(C(C)C(C)C)cc1. The summed E-state index contributed by atoms with van der Waals surface area (Å²) in [5.41, 5.74) is 2.18. The zero-order valence-corrected chi connectivity index (χ0v) is 10.6. The van der Waals surface area contributed by atoms with E-state index in [1.807, 2.05) is 12.1 Å². The zero-order valence-electron chi connectivity index (χ0n) is 10.6. The van der Waals surface area contributed by atoms with Crippen LogP contribution in [-0.2, 0) is 0 Å². The van der Waals surface area contributed by atoms with E-state index in [1.54, 1.807) is 0 Å². The van der Waals surface area contributed by atoms with Crippen molar-refractivity contribution in [1.82, 2.24) is 0 Å². The highest BCUT2D eigenvalue weighted by Gasteiger charge is 2.08. The van der Waals surface area contributed by atoms with Gasteiger partial charge < -0.3 is 5.11 Å². The minimum atomic E-state index is -0.982. The van der Waals surface area contributed by atoms with Gasteiger partial charge in [-0.3, -0.25) is 0 Å². The second-order valence-corrected chi connectivity index (χ2v) is 4.49. The molecule has 0 aromatic heterocycles. The van der Waals surface area contributed by atoms with E-state index in [2.05, 4.69) is 50.7 Å². The maximum atomic E-state index is 9.13. The Bertz CT molecular complexity index is 451. The van der Waals surface area contributed by atoms with E-state index >= 15 is 0 Å². The molecular formula is C16H18O. The van der Waals surface area contributed by atoms with E-state index in [9.17, 15) is 0 Å². The molecule has 2 atom stereocenters. The third-order valence-electron chi connectivity index (χ3n) is 2.95. The maximum Gasteiger partial charge on any atom is 0.176 e. The van der Waals surface area contributed by atoms with Gasteiger partial charge in [-0.2, -0.15) is 0 Å². The number of aliphatic hydroxyl groups excluding tert-OH is 1. The summed E-state index contributed by atoms with van der Waals surface area (Å²) in [6.07, 6.45) is 4.05. The second-order valence-electron chi connectivity index (χ2n) is 4.49. The fourth-order valence-electron chi connectivity index (χ4n) is 1.45. The minimum Gasteiger partial charge on any atom is -0.369 e. The first-order chi connectivity index (χ1) is 8.04. The normalized spacial score (nSPS) is 13.4. The van der Waals surface area contributed by atoms with Crippen LogP contribution in [0.2, 0.25) is 0 Å². The molecule has 0 radical (unpaired) electrons. The lowest BCUT2D eigenvalue weighted by Crippen LogP contribution is -2.01. The zero-order chi connectivity index (χ0) is 12.8. The van der Waals surface area contributed by atoms with Gasteiger partial charge in [-0.25, -0.2) is 0 Å². The van der Waals surface area contributed by atoms with Crippen LogP contribution in [0, 0.1) is 30.1 Å². The van der Waals surface area contributed by atoms with Crippen molar-refractivity contribution >= 4 is 0 Å². The molecule has 88 valence electrons. The van der Waals surface area contributed by atoms with Crippen molar-refractivity contribution in [3.8, 4) is 24.2 Å². The summed E-state index contributed by atoms with van der Waals surface area (Å²) in [6.45, 7) is 6.64. The predicted octanol–water partition coefficient (Wildman–Crippen LogP) is 2.79. The van der Waals surface area contributed by atoms with Crippen LogP contribution in [0.15, 0.2) is 24.3 Å². The molecule has 0 spiro atoms. The minimum absolute atomic E-state index is 0.535. The molecule has 0 heterocycles. The molecule has 0 aliphatic carbocycles. The van der Waals surface area contributed by atoms with Crippen molar-refractivity contribution in [2.75, 3.05) is 0 Å². The van der Waals surface area contributed by atoms with Gasteiger partial charge in [0.2, 0.25) is 0 Å². The van der Waals surface area contributed by atoms with E-state index in [0.717, 1.165) is 5.56 Å². The lowest BCUT2D eigenvalue weighted by molar-refractivity contribution is 0.290. The predicted molar refractivity (Wildman–Crippen MR) is 71.4 cm³/mol. The van der Waals surface area contributed by atoms with Crippen LogP contribution in [0.4, 0.5) is 0 Å². The molecule has 1 rings (SSSR count). The average Bonchev–Trinajstić information content (AvgIpc) is 2.35. The number of terminal acetylenes is 1. The summed E-state index contributed by atoms with van der Waals surface area (Å²) in [7, 11) is 0. The average molecular weight is 226 g/mol. The van der Waals surface area contributed by atoms with E-state index in [4.69, 9.17) is 11.5 Å². The Morgan fingerprint density at radius 1 is 1.12 bits per heavy atom. The fourth-order valence-corrected chi connectivity index (χ4v) is 1.45. The van der Waals surface area contributed by atoms with Gasteiger partial charge in [0.25, 0.3) is 0 Å². The van der Waals surface area contributed by atoms with E-state index < -0.39 is 6.10 Å². The van der Waals surface area contributed by atoms with Gasteiger partial charge in [-0.1, -0.05) is 50.7 Å². The highest BCUT2D eigenvalue weighted by Crippen LogP contribution is 2.23. The summed E-state index contributed by atoms with van der Waals surface area (Å²) in [5, 5.41) is 9.13. The van der Waals surface area contributed by atoms with Crippen molar-refractivity contribution < 1.29 is 5.11 Å². The molecule has 0 amide bonds. The Balaban J connectivity index is 2.81. The van der Waals surface area contributed by atoms with Crippen LogP contribution < -0.4 is 0 Å². The summed E-state index contributed by atoms with van der Waals surface area (Å²) < 4.78 is 0. The van der Waals surface area contributed by atoms with Crippen LogP contribution in [0.1, 0.15) is 37.8 Å². The molecule has 1 heteroatoms. The molecule has 0 bridgehead atoms. The van der Waals surface area contributed by atoms with Gasteiger partial charge in [-0.05, 0) is 29.5 Å². The van der Waals surface area contributed by atoms with Gasteiger partial charge >= 0.3 is 0 Å². The molecular weight excluding hydrogens is 208 g/mol. The molecule has 0 saturated carbocycles. The Morgan fingerprint density at radius 3 is 2.18 bits per heavy atom. The molecule has 2 unspecified atom stereocenters. The Morgan fingerprint density at radius 2 is 1.71 bits per heavy atom. The maximum absolute atomic E-state index is 9.13. The van der Waals surface area contributed by atoms with Gasteiger partial charge in [0.15, 0.2) is 6.10 Å². The van der Waals surface area contributed by atoms with Gasteiger partial charge in [0, 0.05) is 5.56 Å². The molecule has 1 N–H and O–H groups in total. The molecule has 1 aromatic carbocycles. The molecule has 0 aliphatic rings. The van der Waals surface area contributed by atoms with Gasteiger partial charge in [0.1, 0.15) is 0 Å². The first-order valence-corrected chi connectivity index (χ1v) is 5.80. The molecule has 1 aromatic rings. The number of aliphatic hydroxyl groups is 1. The van der Waals surface area contributed by atoms with Gasteiger partial charge in [0.05, 0.1) is 0 Å². The van der Waals surface area contributed by atoms with E-state index in [-0.39, 0.29) is 0 Å². The third-order valence-corrected chi connectivity index (χ3v) is 2.95. The van der Waals surface area contributed by atoms with Crippen molar-refractivity contribution in [2.45, 2.75) is 32.8 Å². The first kappa shape index (κ1) is 13.4. The number of hydrogen-bond acceptors (Lipinski definition) is 1. The second kappa shape index (κ2) is 6.14. The third kappa shape index (κ3) is 3.99. The molecule has 0 fully saturated rings. The molecule has 0 saturated heterocycles. The standard InChI is InChI=1S/C16H18O/c1-5-16(17)11-8-14-6-9-15(10-7-14)13(4)12(2)3/h1,6-7,9-10,12-13,16-17H,2-4H3. The van der Waals surface area contributed by atoms with Gasteiger partial charge in [-0.15, -0.1) is 6.42 Å². The number of hydrogen-bond donors (Lipinski definition) is 1. The summed E-state index contributed by atoms with van der Waals surface area (Å²) in [6, 6.07) is 8.09. The first-order valence-electron chi connectivity index (χ1n) is 5.80. The summed E-state index contributed by atoms with van der Waals surface area (Å²) >= 11 is 0. The number of benzene rings is 1. The smallest absolute Gasteiger partial charge is 0.176 e. The topological polar surface area (TPSA) is 20.2 Å². The van der Waals surface area contributed by atoms with Crippen molar-refractivity contribution in [3.63, 3.8) is 0 Å². The van der Waals surface area contributed by atoms with Crippen LogP contribution in [0.3, 0.4) is 0 Å². The summed E-state index contributed by atoms with van der Waals surface area (Å²) in [5.74, 6) is 8.76. The van der Waals surface area contributed by atoms with Crippen molar-refractivity contribution in [1.29, 1.82) is 0 Å². The highest BCUT2D eigenvalue weighted by molar-refractivity contribution is 5.38. The number of rotatable bonds is 2. The monoisotopic (exact) mass is 226 g/mol. The van der Waals surface area contributed by atoms with Crippen LogP contribution in [0.25, 0.3) is 0 Å². The Kier molecular flexibility index (Phi) is 4.83. The van der Waals surface area contributed by atoms with Crippen molar-refractivity contribution in [3.05, 3.63) is 35.4 Å². The quantitative estimate of drug-likeness (QED) is 0.769. The van der Waals surface area contributed by atoms with E-state index in [1.165, 1.54) is 5.56 Å². The van der Waals surface area contributed by atoms with Crippen LogP contribution >= 0.6 is 0 Å². The van der Waals surface area contributed by atoms with Crippen LogP contribution in [-0.4, -0.2) is 11.2 Å². The molecule has 17 heavy (non-hydrogen) atoms. The lowest BCUT2D eigenvalue weighted by Gasteiger charge is -2.15. The molecule has 0 aliphatic heterocycles. The Hall–Kier alpha value is -1.70. The van der Waals surface area contributed by atoms with E-state index in [0.29, 0.717) is 11.8 Å². The van der Waals surface area contributed by atoms with Crippen molar-refractivity contribution in [2.24, 2.45) is 5.92 Å².